The molecule has 5 heteroatoms. The fourth-order valence-electron chi connectivity index (χ4n) is 3.56. The zero-order valence-electron chi connectivity index (χ0n) is 17.6. The van der Waals surface area contributed by atoms with Gasteiger partial charge >= 0.3 is 0 Å². The van der Waals surface area contributed by atoms with Crippen molar-refractivity contribution in [3.05, 3.63) is 113 Å². The maximum atomic E-state index is 13.2. The quantitative estimate of drug-likeness (QED) is 0.538. The maximum absolute atomic E-state index is 13.2. The van der Waals surface area contributed by atoms with Gasteiger partial charge < -0.3 is 10.6 Å². The second kappa shape index (κ2) is 9.67. The van der Waals surface area contributed by atoms with Gasteiger partial charge in [0, 0.05) is 17.1 Å². The van der Waals surface area contributed by atoms with Crippen molar-refractivity contribution >= 4 is 28.5 Å². The van der Waals surface area contributed by atoms with Crippen LogP contribution in [-0.4, -0.2) is 11.1 Å². The van der Waals surface area contributed by atoms with Crippen LogP contribution in [-0.2, 0) is 10.5 Å². The van der Waals surface area contributed by atoms with Crippen molar-refractivity contribution in [2.45, 2.75) is 25.6 Å². The van der Waals surface area contributed by atoms with Crippen LogP contribution in [0.3, 0.4) is 0 Å². The minimum absolute atomic E-state index is 0.142. The summed E-state index contributed by atoms with van der Waals surface area (Å²) in [6.07, 6.45) is 0. The van der Waals surface area contributed by atoms with E-state index in [9.17, 15) is 4.79 Å². The number of hydrogen-bond donors (Lipinski definition) is 2. The monoisotopic (exact) mass is 427 g/mol. The number of thioether (sulfide) groups is 1. The SMILES string of the molecule is CC1=C(C(=O)Nc2ccccc2)[C@@H](c2ccccc2)N=C(SCc2cccc(C)c2)N1. The normalized spacial score (nSPS) is 15.8. The first kappa shape index (κ1) is 20.9. The number of benzene rings is 3. The van der Waals surface area contributed by atoms with Crippen LogP contribution >= 0.6 is 11.8 Å². The highest BCUT2D eigenvalue weighted by atomic mass is 32.2. The van der Waals surface area contributed by atoms with Gasteiger partial charge in [0.2, 0.25) is 0 Å². The van der Waals surface area contributed by atoms with Crippen LogP contribution in [0.15, 0.2) is 101 Å². The zero-order valence-corrected chi connectivity index (χ0v) is 18.4. The fourth-order valence-corrected chi connectivity index (χ4v) is 4.45. The Morgan fingerprint density at radius 3 is 2.39 bits per heavy atom. The number of aryl methyl sites for hydroxylation is 1. The van der Waals surface area contributed by atoms with Gasteiger partial charge in [-0.05, 0) is 37.1 Å². The lowest BCUT2D eigenvalue weighted by Crippen LogP contribution is -2.32. The summed E-state index contributed by atoms with van der Waals surface area (Å²) in [5.41, 5.74) is 5.71. The van der Waals surface area contributed by atoms with Crippen LogP contribution < -0.4 is 10.6 Å². The molecule has 1 heterocycles. The Bertz CT molecular complexity index is 1120. The fraction of sp³-hybridized carbons (Fsp3) is 0.154. The predicted octanol–water partition coefficient (Wildman–Crippen LogP) is 5.84. The summed E-state index contributed by atoms with van der Waals surface area (Å²) >= 11 is 1.65. The van der Waals surface area contributed by atoms with Crippen molar-refractivity contribution in [2.75, 3.05) is 5.32 Å². The van der Waals surface area contributed by atoms with Gasteiger partial charge in [-0.25, -0.2) is 4.99 Å². The Hall–Kier alpha value is -3.31. The van der Waals surface area contributed by atoms with Crippen molar-refractivity contribution in [3.8, 4) is 0 Å². The molecule has 0 fully saturated rings. The molecule has 4 rings (SSSR count). The number of nitrogens with one attached hydrogen (secondary N) is 2. The lowest BCUT2D eigenvalue weighted by Gasteiger charge is -2.26. The molecule has 156 valence electrons. The molecule has 1 aliphatic heterocycles. The minimum atomic E-state index is -0.355. The molecule has 2 N–H and O–H groups in total. The molecule has 1 aliphatic rings. The summed E-state index contributed by atoms with van der Waals surface area (Å²) in [6.45, 7) is 4.04. The molecule has 0 aromatic heterocycles. The number of carbonyl (C=O) groups excluding carboxylic acids is 1. The molecule has 3 aromatic rings. The van der Waals surface area contributed by atoms with E-state index in [1.807, 2.05) is 67.6 Å². The first-order valence-corrected chi connectivity index (χ1v) is 11.2. The Morgan fingerprint density at radius 2 is 1.68 bits per heavy atom. The van der Waals surface area contributed by atoms with Crippen LogP contribution in [0.1, 0.15) is 29.7 Å². The van der Waals surface area contributed by atoms with Crippen molar-refractivity contribution in [2.24, 2.45) is 4.99 Å². The number of amides is 1. The third-order valence-electron chi connectivity index (χ3n) is 5.07. The minimum Gasteiger partial charge on any atom is -0.338 e. The molecular weight excluding hydrogens is 402 g/mol. The van der Waals surface area contributed by atoms with Gasteiger partial charge in [0.1, 0.15) is 6.04 Å². The van der Waals surface area contributed by atoms with E-state index in [4.69, 9.17) is 4.99 Å². The summed E-state index contributed by atoms with van der Waals surface area (Å²) in [7, 11) is 0. The van der Waals surface area contributed by atoms with Crippen molar-refractivity contribution in [3.63, 3.8) is 0 Å². The van der Waals surface area contributed by atoms with Crippen molar-refractivity contribution < 1.29 is 4.79 Å². The van der Waals surface area contributed by atoms with Gasteiger partial charge in [0.25, 0.3) is 5.91 Å². The van der Waals surface area contributed by atoms with Crippen LogP contribution in [0.5, 0.6) is 0 Å². The number of nitrogens with zero attached hydrogens (tertiary/aromatic N) is 1. The number of anilines is 1. The lowest BCUT2D eigenvalue weighted by atomic mass is 9.96. The van der Waals surface area contributed by atoms with E-state index < -0.39 is 0 Å². The van der Waals surface area contributed by atoms with E-state index in [1.54, 1.807) is 11.8 Å². The van der Waals surface area contributed by atoms with E-state index in [-0.39, 0.29) is 11.9 Å². The van der Waals surface area contributed by atoms with E-state index in [2.05, 4.69) is 41.8 Å². The number of rotatable bonds is 5. The largest absolute Gasteiger partial charge is 0.338 e. The first-order valence-electron chi connectivity index (χ1n) is 10.3. The smallest absolute Gasteiger partial charge is 0.255 e. The molecule has 0 radical (unpaired) electrons. The number of aliphatic imine (C=N–C) groups is 1. The standard InChI is InChI=1S/C26H25N3OS/c1-18-10-9-11-20(16-18)17-31-26-27-19(2)23(24(29-26)21-12-5-3-6-13-21)25(30)28-22-14-7-4-8-15-22/h3-16,24H,17H2,1-2H3,(H,27,29)(H,28,30)/t24-/m1/s1. The van der Waals surface area contributed by atoms with Gasteiger partial charge in [0.05, 0.1) is 5.57 Å². The number of para-hydroxylation sites is 1. The van der Waals surface area contributed by atoms with E-state index in [0.717, 1.165) is 27.9 Å². The number of allylic oxidation sites excluding steroid dienone is 1. The second-order valence-corrected chi connectivity index (χ2v) is 8.47. The van der Waals surface area contributed by atoms with E-state index >= 15 is 0 Å². The van der Waals surface area contributed by atoms with Crippen LogP contribution in [0, 0.1) is 6.92 Å². The van der Waals surface area contributed by atoms with Crippen LogP contribution in [0.25, 0.3) is 0 Å². The highest BCUT2D eigenvalue weighted by Crippen LogP contribution is 2.33. The Labute approximate surface area is 187 Å². The van der Waals surface area contributed by atoms with Gasteiger partial charge in [-0.15, -0.1) is 0 Å². The maximum Gasteiger partial charge on any atom is 0.255 e. The van der Waals surface area contributed by atoms with Gasteiger partial charge in [-0.3, -0.25) is 4.79 Å². The molecule has 31 heavy (non-hydrogen) atoms. The average Bonchev–Trinajstić information content (AvgIpc) is 2.78. The molecule has 0 saturated heterocycles. The molecule has 4 nitrogen and oxygen atoms in total. The third kappa shape index (κ3) is 5.25. The summed E-state index contributed by atoms with van der Waals surface area (Å²) in [4.78, 5) is 18.1. The molecule has 0 unspecified atom stereocenters. The van der Waals surface area contributed by atoms with Gasteiger partial charge in [-0.2, -0.15) is 0 Å². The summed E-state index contributed by atoms with van der Waals surface area (Å²) < 4.78 is 0. The molecule has 0 spiro atoms. The van der Waals surface area contributed by atoms with Crippen LogP contribution in [0.2, 0.25) is 0 Å². The topological polar surface area (TPSA) is 53.5 Å². The Morgan fingerprint density at radius 1 is 0.968 bits per heavy atom. The average molecular weight is 428 g/mol. The summed E-state index contributed by atoms with van der Waals surface area (Å²) in [6, 6.07) is 27.6. The summed E-state index contributed by atoms with van der Waals surface area (Å²) in [5, 5.41) is 7.18. The third-order valence-corrected chi connectivity index (χ3v) is 6.03. The zero-order chi connectivity index (χ0) is 21.6. The molecule has 1 amide bonds. The van der Waals surface area contributed by atoms with Crippen molar-refractivity contribution in [1.82, 2.24) is 5.32 Å². The Kier molecular flexibility index (Phi) is 6.53. The first-order chi connectivity index (χ1) is 15.1. The number of amidine groups is 1. The molecule has 3 aromatic carbocycles. The van der Waals surface area contributed by atoms with Gasteiger partial charge in [-0.1, -0.05) is 90.1 Å². The van der Waals surface area contributed by atoms with Crippen LogP contribution in [0.4, 0.5) is 5.69 Å². The second-order valence-electron chi connectivity index (χ2n) is 7.51. The highest BCUT2D eigenvalue weighted by molar-refractivity contribution is 8.13. The molecule has 0 bridgehead atoms. The van der Waals surface area contributed by atoms with Gasteiger partial charge in [0.15, 0.2) is 5.17 Å². The summed E-state index contributed by atoms with van der Waals surface area (Å²) in [5.74, 6) is 0.671. The van der Waals surface area contributed by atoms with E-state index in [0.29, 0.717) is 5.57 Å². The molecular formula is C26H25N3OS. The number of hydrogen-bond acceptors (Lipinski definition) is 4. The molecule has 0 aliphatic carbocycles. The molecule has 1 atom stereocenters. The number of carbonyl (C=O) groups is 1. The van der Waals surface area contributed by atoms with E-state index in [1.165, 1.54) is 11.1 Å². The lowest BCUT2D eigenvalue weighted by molar-refractivity contribution is -0.113. The highest BCUT2D eigenvalue weighted by Gasteiger charge is 2.29. The predicted molar refractivity (Wildman–Crippen MR) is 130 cm³/mol. The molecule has 0 saturated carbocycles. The van der Waals surface area contributed by atoms with Crippen molar-refractivity contribution in [1.29, 1.82) is 0 Å². The Balaban J connectivity index is 1.59.